The van der Waals surface area contributed by atoms with Gasteiger partial charge in [0.15, 0.2) is 0 Å². The van der Waals surface area contributed by atoms with Crippen LogP contribution in [0, 0.1) is 41.5 Å². The molecular weight excluding hydrogens is 605 g/mol. The van der Waals surface area contributed by atoms with Gasteiger partial charge < -0.3 is 0 Å². The molecule has 0 unspecified atom stereocenters. The summed E-state index contributed by atoms with van der Waals surface area (Å²) < 4.78 is 0. The molecule has 2 nitrogen and oxygen atoms in total. The normalized spacial score (nSPS) is 11.4. The molecule has 0 aliphatic heterocycles. The highest BCUT2D eigenvalue weighted by molar-refractivity contribution is 6.10. The van der Waals surface area contributed by atoms with Crippen LogP contribution in [0.1, 0.15) is 33.4 Å². The maximum absolute atomic E-state index is 5.46. The zero-order chi connectivity index (χ0) is 34.5. The van der Waals surface area contributed by atoms with Crippen molar-refractivity contribution in [2.75, 3.05) is 0 Å². The molecule has 2 aromatic heterocycles. The van der Waals surface area contributed by atoms with E-state index >= 15 is 0 Å². The Balaban J connectivity index is 1.18. The van der Waals surface area contributed by atoms with E-state index in [1.807, 2.05) is 0 Å². The van der Waals surface area contributed by atoms with E-state index in [2.05, 4.69) is 175 Å². The summed E-state index contributed by atoms with van der Waals surface area (Å²) in [4.78, 5) is 10.8. The maximum atomic E-state index is 5.46. The molecule has 6 aromatic carbocycles. The number of benzene rings is 6. The van der Waals surface area contributed by atoms with Crippen LogP contribution in [-0.4, -0.2) is 9.97 Å². The van der Waals surface area contributed by atoms with Crippen molar-refractivity contribution in [3.63, 3.8) is 0 Å². The highest BCUT2D eigenvalue weighted by Crippen LogP contribution is 2.40. The second-order valence-corrected chi connectivity index (χ2v) is 13.6. The van der Waals surface area contributed by atoms with Gasteiger partial charge in [-0.05, 0) is 114 Å². The van der Waals surface area contributed by atoms with Crippen molar-refractivity contribution in [2.45, 2.75) is 41.5 Å². The monoisotopic (exact) mass is 644 g/mol. The average Bonchev–Trinajstić information content (AvgIpc) is 3.17. The van der Waals surface area contributed by atoms with Crippen LogP contribution < -0.4 is 0 Å². The number of fused-ring (bicyclic) bond motifs is 3. The van der Waals surface area contributed by atoms with Crippen molar-refractivity contribution in [1.82, 2.24) is 9.97 Å². The minimum absolute atomic E-state index is 0.984. The van der Waals surface area contributed by atoms with Gasteiger partial charge in [-0.3, -0.25) is 0 Å². The zero-order valence-corrected chi connectivity index (χ0v) is 29.6. The van der Waals surface area contributed by atoms with E-state index < -0.39 is 0 Å². The molecule has 2 heterocycles. The largest absolute Gasteiger partial charge is 0.245 e. The number of hydrogen-bond acceptors (Lipinski definition) is 2. The summed E-state index contributed by atoms with van der Waals surface area (Å²) in [6.45, 7) is 13.4. The third kappa shape index (κ3) is 5.29. The van der Waals surface area contributed by atoms with Crippen LogP contribution in [0.4, 0.5) is 0 Å². The number of aromatic nitrogens is 2. The predicted molar refractivity (Wildman–Crippen MR) is 213 cm³/mol. The second kappa shape index (κ2) is 12.5. The Morgan fingerprint density at radius 2 is 0.580 bits per heavy atom. The van der Waals surface area contributed by atoms with Crippen molar-refractivity contribution in [1.29, 1.82) is 0 Å². The van der Waals surface area contributed by atoms with Gasteiger partial charge in [0.2, 0.25) is 0 Å². The van der Waals surface area contributed by atoms with Gasteiger partial charge in [-0.25, -0.2) is 9.97 Å². The van der Waals surface area contributed by atoms with Crippen LogP contribution in [0.2, 0.25) is 0 Å². The summed E-state index contributed by atoms with van der Waals surface area (Å²) in [6.07, 6.45) is 0. The lowest BCUT2D eigenvalue weighted by molar-refractivity contribution is 1.23. The zero-order valence-electron chi connectivity index (χ0n) is 29.6. The minimum atomic E-state index is 0.984. The van der Waals surface area contributed by atoms with E-state index in [4.69, 9.17) is 9.97 Å². The molecule has 8 rings (SSSR count). The van der Waals surface area contributed by atoms with E-state index in [0.717, 1.165) is 33.5 Å². The Kier molecular flexibility index (Phi) is 7.88. The minimum Gasteiger partial charge on any atom is -0.245 e. The molecule has 50 heavy (non-hydrogen) atoms. The topological polar surface area (TPSA) is 25.8 Å². The summed E-state index contributed by atoms with van der Waals surface area (Å²) in [5.74, 6) is 0. The third-order valence-corrected chi connectivity index (χ3v) is 10.8. The van der Waals surface area contributed by atoms with E-state index in [9.17, 15) is 0 Å². The highest BCUT2D eigenvalue weighted by atomic mass is 14.8. The summed E-state index contributed by atoms with van der Waals surface area (Å²) in [5, 5.41) is 2.44. The molecule has 0 aliphatic carbocycles. The molecule has 0 fully saturated rings. The quantitative estimate of drug-likeness (QED) is 0.174. The lowest BCUT2D eigenvalue weighted by Gasteiger charge is -2.20. The van der Waals surface area contributed by atoms with Gasteiger partial charge in [0.05, 0.1) is 22.4 Å². The second-order valence-electron chi connectivity index (χ2n) is 13.6. The fraction of sp³-hybridized carbons (Fsp3) is 0.125. The van der Waals surface area contributed by atoms with E-state index in [1.54, 1.807) is 0 Å². The molecule has 0 N–H and O–H groups in total. The highest BCUT2D eigenvalue weighted by Gasteiger charge is 2.21. The van der Waals surface area contributed by atoms with Gasteiger partial charge in [0, 0.05) is 21.9 Å². The summed E-state index contributed by atoms with van der Waals surface area (Å²) in [7, 11) is 0. The Morgan fingerprint density at radius 1 is 0.280 bits per heavy atom. The maximum Gasteiger partial charge on any atom is 0.0978 e. The fourth-order valence-corrected chi connectivity index (χ4v) is 7.57. The summed E-state index contributed by atoms with van der Waals surface area (Å²) in [6, 6.07) is 47.6. The number of aryl methyl sites for hydroxylation is 4. The molecule has 8 aromatic rings. The Labute approximate surface area is 295 Å². The van der Waals surface area contributed by atoms with Crippen LogP contribution in [0.25, 0.3) is 77.7 Å². The molecule has 0 saturated heterocycles. The Hall–Kier alpha value is -5.86. The van der Waals surface area contributed by atoms with E-state index in [1.165, 1.54) is 77.5 Å². The molecule has 0 spiro atoms. The average molecular weight is 645 g/mol. The van der Waals surface area contributed by atoms with Crippen molar-refractivity contribution in [3.05, 3.63) is 167 Å². The number of pyridine rings is 2. The molecule has 0 amide bonds. The first-order valence-electron chi connectivity index (χ1n) is 17.4. The molecule has 0 atom stereocenters. The van der Waals surface area contributed by atoms with Gasteiger partial charge in [-0.2, -0.15) is 0 Å². The molecule has 2 heteroatoms. The number of rotatable bonds is 5. The molecule has 0 radical (unpaired) electrons. The van der Waals surface area contributed by atoms with E-state index in [-0.39, 0.29) is 0 Å². The van der Waals surface area contributed by atoms with Crippen LogP contribution in [-0.2, 0) is 0 Å². The van der Waals surface area contributed by atoms with Gasteiger partial charge >= 0.3 is 0 Å². The fourth-order valence-electron chi connectivity index (χ4n) is 7.57. The number of nitrogens with zero attached hydrogens (tertiary/aromatic N) is 2. The molecule has 242 valence electrons. The van der Waals surface area contributed by atoms with Gasteiger partial charge in [-0.15, -0.1) is 0 Å². The predicted octanol–water partition coefficient (Wildman–Crippen LogP) is 13.0. The van der Waals surface area contributed by atoms with Crippen molar-refractivity contribution < 1.29 is 0 Å². The number of hydrogen-bond donors (Lipinski definition) is 0. The van der Waals surface area contributed by atoms with Crippen LogP contribution in [0.5, 0.6) is 0 Å². The smallest absolute Gasteiger partial charge is 0.0978 e. The Morgan fingerprint density at radius 3 is 1.02 bits per heavy atom. The Bertz CT molecular complexity index is 2550. The summed E-state index contributed by atoms with van der Waals surface area (Å²) >= 11 is 0. The van der Waals surface area contributed by atoms with Crippen LogP contribution in [0.3, 0.4) is 0 Å². The SMILES string of the molecule is Cc1c(-c2ccccc2)nc2c(c1C)c(C)c(C)c1c(C)c(C)c(-c3ccc(-c4ccc(-c5cccc(-c6ccccc6)c5)cc4)cc3)nc12. The lowest BCUT2D eigenvalue weighted by Crippen LogP contribution is -2.03. The van der Waals surface area contributed by atoms with Gasteiger partial charge in [-0.1, -0.05) is 127 Å². The van der Waals surface area contributed by atoms with Crippen molar-refractivity contribution in [2.24, 2.45) is 0 Å². The third-order valence-electron chi connectivity index (χ3n) is 10.8. The van der Waals surface area contributed by atoms with Crippen molar-refractivity contribution >= 4 is 21.8 Å². The first-order valence-corrected chi connectivity index (χ1v) is 17.4. The molecule has 0 saturated carbocycles. The first kappa shape index (κ1) is 31.4. The van der Waals surface area contributed by atoms with Crippen LogP contribution >= 0.6 is 0 Å². The lowest BCUT2D eigenvalue weighted by atomic mass is 9.89. The van der Waals surface area contributed by atoms with Gasteiger partial charge in [0.1, 0.15) is 0 Å². The van der Waals surface area contributed by atoms with Crippen LogP contribution in [0.15, 0.2) is 133 Å². The molecular formula is C48H40N2. The van der Waals surface area contributed by atoms with Gasteiger partial charge in [0.25, 0.3) is 0 Å². The molecule has 0 bridgehead atoms. The standard InChI is InChI=1S/C48H40N2/c1-29-30(2)44-32(4)34(6)46(50-48(44)47-43(29)31(3)33(5)45(49-47)39-16-11-8-12-17-39)40-26-24-37(25-27-40)36-20-22-38(23-21-36)42-19-13-18-41(28-42)35-14-9-7-10-15-35/h7-28H,1-6H3. The van der Waals surface area contributed by atoms with E-state index in [0.29, 0.717) is 0 Å². The molecule has 0 aliphatic rings. The summed E-state index contributed by atoms with van der Waals surface area (Å²) in [5.41, 5.74) is 21.1. The first-order chi connectivity index (χ1) is 24.3. The van der Waals surface area contributed by atoms with Crippen molar-refractivity contribution in [3.8, 4) is 55.9 Å².